The maximum absolute atomic E-state index is 13.0. The first-order valence-electron chi connectivity index (χ1n) is 7.62. The van der Waals surface area contributed by atoms with E-state index in [0.29, 0.717) is 17.5 Å². The highest BCUT2D eigenvalue weighted by Gasteiger charge is 2.36. The van der Waals surface area contributed by atoms with Crippen molar-refractivity contribution >= 4 is 23.5 Å². The predicted octanol–water partition coefficient (Wildman–Crippen LogP) is 0.860. The second kappa shape index (κ2) is 7.40. The molecule has 1 aromatic carbocycles. The molecule has 3 N–H and O–H groups in total. The Bertz CT molecular complexity index is 776. The van der Waals surface area contributed by atoms with Crippen molar-refractivity contribution in [3.63, 3.8) is 0 Å². The lowest BCUT2D eigenvalue weighted by atomic mass is 9.49. The van der Waals surface area contributed by atoms with Crippen LogP contribution in [0.2, 0.25) is 0 Å². The van der Waals surface area contributed by atoms with Gasteiger partial charge >= 0.3 is 6.18 Å². The van der Waals surface area contributed by atoms with Gasteiger partial charge in [-0.25, -0.2) is 4.98 Å². The van der Waals surface area contributed by atoms with Gasteiger partial charge in [0.15, 0.2) is 5.69 Å². The molecule has 11 heteroatoms. The Morgan fingerprint density at radius 1 is 1.31 bits per heavy atom. The van der Waals surface area contributed by atoms with E-state index >= 15 is 0 Å². The van der Waals surface area contributed by atoms with Crippen LogP contribution in [0.25, 0.3) is 11.4 Å². The first-order chi connectivity index (χ1) is 12.0. The van der Waals surface area contributed by atoms with E-state index in [2.05, 4.69) is 4.98 Å². The van der Waals surface area contributed by atoms with Crippen LogP contribution in [0.5, 0.6) is 5.75 Å². The topological polar surface area (TPSA) is 73.3 Å². The van der Waals surface area contributed by atoms with Crippen LogP contribution in [-0.2, 0) is 18.0 Å². The number of imidazole rings is 1. The quantitative estimate of drug-likeness (QED) is 0.751. The molecule has 1 heterocycles. The maximum Gasteiger partial charge on any atom is 0.434 e. The Labute approximate surface area is 153 Å². The first-order valence-corrected chi connectivity index (χ1v) is 7.62. The number of nitrogens with zero attached hydrogens (tertiary/aromatic N) is 2. The molecule has 0 fully saturated rings. The number of alkyl halides is 3. The lowest BCUT2D eigenvalue weighted by Gasteiger charge is -2.25. The number of halogens is 3. The zero-order valence-corrected chi connectivity index (χ0v) is 14.0. The molecular formula is C15H15B3F3N3O2. The minimum absolute atomic E-state index is 0.130. The second-order valence-corrected chi connectivity index (χ2v) is 5.84. The molecule has 6 radical (unpaired) electrons. The van der Waals surface area contributed by atoms with Crippen molar-refractivity contribution in [2.75, 3.05) is 6.61 Å². The van der Waals surface area contributed by atoms with E-state index < -0.39 is 23.2 Å². The fourth-order valence-electron chi connectivity index (χ4n) is 2.24. The highest BCUT2D eigenvalue weighted by atomic mass is 19.4. The van der Waals surface area contributed by atoms with Gasteiger partial charge < -0.3 is 20.1 Å². The number of aliphatic hydroxyl groups is 1. The average Bonchev–Trinajstić information content (AvgIpc) is 3.00. The lowest BCUT2D eigenvalue weighted by Crippen LogP contribution is -2.35. The summed E-state index contributed by atoms with van der Waals surface area (Å²) in [7, 11) is 16.7. The summed E-state index contributed by atoms with van der Waals surface area (Å²) in [5.41, 5.74) is 5.30. The number of ether oxygens (including phenoxy) is 1. The number of aliphatic hydroxyl groups excluding tert-OH is 1. The van der Waals surface area contributed by atoms with Crippen LogP contribution in [0.15, 0.2) is 24.4 Å². The molecule has 132 valence electrons. The van der Waals surface area contributed by atoms with Gasteiger partial charge in [0.2, 0.25) is 0 Å². The SMILES string of the molecule is [B]C([B])([B])n1cc(C(F)(F)F)nc1-c1ccc(CN)c(OC(C)CO)c1. The highest BCUT2D eigenvalue weighted by Crippen LogP contribution is 2.34. The molecule has 0 saturated heterocycles. The minimum atomic E-state index is -4.70. The summed E-state index contributed by atoms with van der Waals surface area (Å²) >= 11 is 0. The Hall–Kier alpha value is -1.87. The Morgan fingerprint density at radius 3 is 2.46 bits per heavy atom. The van der Waals surface area contributed by atoms with E-state index in [4.69, 9.17) is 39.1 Å². The molecule has 0 aliphatic carbocycles. The third-order valence-corrected chi connectivity index (χ3v) is 3.54. The van der Waals surface area contributed by atoms with Gasteiger partial charge in [-0.15, -0.1) is 0 Å². The van der Waals surface area contributed by atoms with Crippen LogP contribution >= 0.6 is 0 Å². The highest BCUT2D eigenvalue weighted by molar-refractivity contribution is 6.56. The standard InChI is InChI=1S/C15H15B3F3N3O2/c1-8(7-25)26-11-4-9(2-3-10(11)5-22)13-23-12(14(19,20)21)6-24(13)15(16,17)18/h2-4,6,8,25H,5,7,22H2,1H3. The number of benzene rings is 1. The van der Waals surface area contributed by atoms with E-state index in [1.54, 1.807) is 13.0 Å². The smallest absolute Gasteiger partial charge is 0.434 e. The van der Waals surface area contributed by atoms with Gasteiger partial charge in [-0.1, -0.05) is 17.4 Å². The molecule has 0 aliphatic heterocycles. The summed E-state index contributed by atoms with van der Waals surface area (Å²) in [5.74, 6) is 0.112. The second-order valence-electron chi connectivity index (χ2n) is 5.84. The molecule has 26 heavy (non-hydrogen) atoms. The zero-order chi connectivity index (χ0) is 19.7. The maximum atomic E-state index is 13.0. The monoisotopic (exact) mass is 359 g/mol. The number of rotatable bonds is 6. The van der Waals surface area contributed by atoms with Gasteiger partial charge in [0.05, 0.1) is 30.1 Å². The van der Waals surface area contributed by atoms with Crippen LogP contribution in [0.4, 0.5) is 13.2 Å². The van der Waals surface area contributed by atoms with Crippen LogP contribution in [0.1, 0.15) is 18.2 Å². The molecule has 2 rings (SSSR count). The van der Waals surface area contributed by atoms with Crippen molar-refractivity contribution in [1.29, 1.82) is 0 Å². The van der Waals surface area contributed by atoms with Crippen LogP contribution in [0, 0.1) is 0 Å². The molecule has 1 unspecified atom stereocenters. The third-order valence-electron chi connectivity index (χ3n) is 3.54. The van der Waals surface area contributed by atoms with Crippen LogP contribution in [-0.4, -0.2) is 50.9 Å². The summed E-state index contributed by atoms with van der Waals surface area (Å²) < 4.78 is 45.5. The van der Waals surface area contributed by atoms with Gasteiger partial charge in [-0.2, -0.15) is 13.2 Å². The number of hydrogen-bond acceptors (Lipinski definition) is 4. The van der Waals surface area contributed by atoms with Crippen LogP contribution in [0.3, 0.4) is 0 Å². The van der Waals surface area contributed by atoms with Crippen molar-refractivity contribution in [1.82, 2.24) is 9.55 Å². The third kappa shape index (κ3) is 4.45. The molecule has 0 aliphatic rings. The Kier molecular flexibility index (Phi) is 5.82. The molecule has 2 aromatic rings. The zero-order valence-electron chi connectivity index (χ0n) is 14.0. The number of aromatic nitrogens is 2. The number of nitrogens with two attached hydrogens (primary N) is 1. The van der Waals surface area contributed by atoms with E-state index in [1.165, 1.54) is 12.1 Å². The van der Waals surface area contributed by atoms with E-state index in [0.717, 1.165) is 4.57 Å². The van der Waals surface area contributed by atoms with E-state index in [1.807, 2.05) is 0 Å². The lowest BCUT2D eigenvalue weighted by molar-refractivity contribution is -0.140. The molecule has 0 bridgehead atoms. The minimum Gasteiger partial charge on any atom is -0.488 e. The number of hydrogen-bond donors (Lipinski definition) is 2. The van der Waals surface area contributed by atoms with Crippen molar-refractivity contribution in [3.05, 3.63) is 35.7 Å². The van der Waals surface area contributed by atoms with Crippen molar-refractivity contribution in [3.8, 4) is 17.1 Å². The summed E-state index contributed by atoms with van der Waals surface area (Å²) in [6.45, 7) is 1.50. The van der Waals surface area contributed by atoms with Gasteiger partial charge in [-0.05, 0) is 13.0 Å². The fourth-order valence-corrected chi connectivity index (χ4v) is 2.24. The Balaban J connectivity index is 2.60. The van der Waals surface area contributed by atoms with Gasteiger partial charge in [0, 0.05) is 23.9 Å². The largest absolute Gasteiger partial charge is 0.488 e. The predicted molar refractivity (Wildman–Crippen MR) is 93.0 cm³/mol. The van der Waals surface area contributed by atoms with Crippen molar-refractivity contribution in [2.24, 2.45) is 5.73 Å². The molecule has 5 nitrogen and oxygen atoms in total. The van der Waals surface area contributed by atoms with Gasteiger partial charge in [0.25, 0.3) is 0 Å². The van der Waals surface area contributed by atoms with Gasteiger partial charge in [0.1, 0.15) is 17.7 Å². The fraction of sp³-hybridized carbons (Fsp3) is 0.400. The van der Waals surface area contributed by atoms with Crippen LogP contribution < -0.4 is 10.5 Å². The molecule has 0 saturated carbocycles. The first kappa shape index (κ1) is 20.4. The molecular weight excluding hydrogens is 344 g/mol. The van der Waals surface area contributed by atoms with E-state index in [-0.39, 0.29) is 24.5 Å². The van der Waals surface area contributed by atoms with Crippen molar-refractivity contribution in [2.45, 2.75) is 31.0 Å². The van der Waals surface area contributed by atoms with E-state index in [9.17, 15) is 13.2 Å². The molecule has 1 aromatic heterocycles. The summed E-state index contributed by atoms with van der Waals surface area (Å²) in [6.07, 6.45) is -4.60. The molecule has 0 amide bonds. The van der Waals surface area contributed by atoms with Gasteiger partial charge in [-0.3, -0.25) is 0 Å². The summed E-state index contributed by atoms with van der Waals surface area (Å²) in [6, 6.07) is 4.52. The van der Waals surface area contributed by atoms with Crippen molar-refractivity contribution < 1.29 is 23.0 Å². The summed E-state index contributed by atoms with van der Waals surface area (Å²) in [5, 5.41) is 7.04. The molecule has 0 spiro atoms. The normalized spacial score (nSPS) is 13.6. The summed E-state index contributed by atoms with van der Waals surface area (Å²) in [4.78, 5) is 3.58. The average molecular weight is 359 g/mol. The Morgan fingerprint density at radius 2 is 1.96 bits per heavy atom. The molecule has 1 atom stereocenters.